The summed E-state index contributed by atoms with van der Waals surface area (Å²) in [4.78, 5) is 10.4. The minimum atomic E-state index is -0.414. The van der Waals surface area contributed by atoms with Gasteiger partial charge in [0.1, 0.15) is 0 Å². The standard InChI is InChI=1S/C4H6N2O2/c1-3-5-6(2)4(7)8-3/h1-2H3. The van der Waals surface area contributed by atoms with Crippen molar-refractivity contribution in [2.24, 2.45) is 7.05 Å². The van der Waals surface area contributed by atoms with E-state index >= 15 is 0 Å². The molecule has 1 heterocycles. The van der Waals surface area contributed by atoms with Gasteiger partial charge >= 0.3 is 5.76 Å². The van der Waals surface area contributed by atoms with Crippen LogP contribution < -0.4 is 5.76 Å². The Morgan fingerprint density at radius 2 is 2.38 bits per heavy atom. The molecule has 0 saturated heterocycles. The highest BCUT2D eigenvalue weighted by molar-refractivity contribution is 4.64. The molecule has 0 atom stereocenters. The summed E-state index contributed by atoms with van der Waals surface area (Å²) >= 11 is 0. The van der Waals surface area contributed by atoms with Crippen LogP contribution in [-0.2, 0) is 7.05 Å². The molecule has 0 aromatic carbocycles. The van der Waals surface area contributed by atoms with E-state index < -0.39 is 5.76 Å². The van der Waals surface area contributed by atoms with Crippen molar-refractivity contribution < 1.29 is 4.42 Å². The Morgan fingerprint density at radius 1 is 1.75 bits per heavy atom. The fourth-order valence-electron chi connectivity index (χ4n) is 0.465. The number of aryl methyl sites for hydroxylation is 2. The van der Waals surface area contributed by atoms with E-state index in [4.69, 9.17) is 0 Å². The van der Waals surface area contributed by atoms with Crippen LogP contribution in [0.4, 0.5) is 0 Å². The summed E-state index contributed by atoms with van der Waals surface area (Å²) in [6.45, 7) is 1.63. The molecule has 1 aromatic rings. The lowest BCUT2D eigenvalue weighted by atomic mass is 10.8. The number of hydrogen-bond acceptors (Lipinski definition) is 3. The van der Waals surface area contributed by atoms with E-state index in [1.165, 1.54) is 0 Å². The fraction of sp³-hybridized carbons (Fsp3) is 0.500. The van der Waals surface area contributed by atoms with Gasteiger partial charge in [-0.3, -0.25) is 0 Å². The number of rotatable bonds is 0. The van der Waals surface area contributed by atoms with Gasteiger partial charge in [-0.25, -0.2) is 4.79 Å². The van der Waals surface area contributed by atoms with Crippen molar-refractivity contribution >= 4 is 0 Å². The molecule has 0 N–H and O–H groups in total. The summed E-state index contributed by atoms with van der Waals surface area (Å²) in [5.41, 5.74) is 0. The lowest BCUT2D eigenvalue weighted by Crippen LogP contribution is -2.09. The van der Waals surface area contributed by atoms with Crippen LogP contribution in [0.1, 0.15) is 5.89 Å². The van der Waals surface area contributed by atoms with Crippen LogP contribution >= 0.6 is 0 Å². The van der Waals surface area contributed by atoms with E-state index in [-0.39, 0.29) is 0 Å². The molecular weight excluding hydrogens is 108 g/mol. The molecule has 0 aliphatic heterocycles. The van der Waals surface area contributed by atoms with Crippen LogP contribution in [0.5, 0.6) is 0 Å². The Balaban J connectivity index is 3.35. The maximum Gasteiger partial charge on any atom is 0.436 e. The van der Waals surface area contributed by atoms with Gasteiger partial charge in [0.25, 0.3) is 0 Å². The predicted octanol–water partition coefficient (Wildman–Crippen LogP) is -0.318. The highest BCUT2D eigenvalue weighted by Gasteiger charge is 1.94. The van der Waals surface area contributed by atoms with Crippen molar-refractivity contribution in [1.29, 1.82) is 0 Å². The molecule has 44 valence electrons. The van der Waals surface area contributed by atoms with Crippen LogP contribution in [0.15, 0.2) is 9.21 Å². The summed E-state index contributed by atoms with van der Waals surface area (Å²) < 4.78 is 5.66. The summed E-state index contributed by atoms with van der Waals surface area (Å²) in [5.74, 6) is -0.0139. The molecule has 0 aliphatic carbocycles. The first kappa shape index (κ1) is 5.08. The normalized spacial score (nSPS) is 9.75. The van der Waals surface area contributed by atoms with E-state index in [1.807, 2.05) is 0 Å². The number of hydrogen-bond donors (Lipinski definition) is 0. The highest BCUT2D eigenvalue weighted by Crippen LogP contribution is 1.79. The summed E-state index contributed by atoms with van der Waals surface area (Å²) in [5, 5.41) is 3.65. The van der Waals surface area contributed by atoms with Gasteiger partial charge in [-0.1, -0.05) is 0 Å². The Morgan fingerprint density at radius 3 is 2.50 bits per heavy atom. The average molecular weight is 114 g/mol. The molecule has 8 heavy (non-hydrogen) atoms. The number of nitrogens with zero attached hydrogens (tertiary/aromatic N) is 2. The van der Waals surface area contributed by atoms with E-state index in [0.717, 1.165) is 4.68 Å². The second-order valence-electron chi connectivity index (χ2n) is 1.51. The first-order valence-electron chi connectivity index (χ1n) is 2.21. The lowest BCUT2D eigenvalue weighted by Gasteiger charge is -1.73. The quantitative estimate of drug-likeness (QED) is 0.464. The zero-order valence-electron chi connectivity index (χ0n) is 4.71. The average Bonchev–Trinajstić information content (AvgIpc) is 1.85. The van der Waals surface area contributed by atoms with Gasteiger partial charge < -0.3 is 4.42 Å². The zero-order chi connectivity index (χ0) is 6.15. The topological polar surface area (TPSA) is 48.0 Å². The molecule has 4 heteroatoms. The minimum absolute atomic E-state index is 0.400. The van der Waals surface area contributed by atoms with Crippen LogP contribution in [-0.4, -0.2) is 9.78 Å². The summed E-state index contributed by atoms with van der Waals surface area (Å²) in [7, 11) is 1.54. The van der Waals surface area contributed by atoms with Crippen LogP contribution in [0.3, 0.4) is 0 Å². The molecule has 0 radical (unpaired) electrons. The molecule has 0 spiro atoms. The molecule has 4 nitrogen and oxygen atoms in total. The molecule has 0 bridgehead atoms. The third kappa shape index (κ3) is 0.641. The molecule has 0 unspecified atom stereocenters. The maximum atomic E-state index is 10.4. The van der Waals surface area contributed by atoms with Gasteiger partial charge in [0.05, 0.1) is 0 Å². The summed E-state index contributed by atoms with van der Waals surface area (Å²) in [6.07, 6.45) is 0. The molecule has 0 fully saturated rings. The SMILES string of the molecule is Cc1nn(C)c(=O)o1. The fourth-order valence-corrected chi connectivity index (χ4v) is 0.465. The van der Waals surface area contributed by atoms with Crippen molar-refractivity contribution in [2.45, 2.75) is 6.92 Å². The smallest absolute Gasteiger partial charge is 0.393 e. The van der Waals surface area contributed by atoms with Crippen LogP contribution in [0.2, 0.25) is 0 Å². The van der Waals surface area contributed by atoms with Crippen molar-refractivity contribution in [3.8, 4) is 0 Å². The monoisotopic (exact) mass is 114 g/mol. The second-order valence-corrected chi connectivity index (χ2v) is 1.51. The van der Waals surface area contributed by atoms with Gasteiger partial charge in [0, 0.05) is 14.0 Å². The van der Waals surface area contributed by atoms with Crippen molar-refractivity contribution in [3.05, 3.63) is 16.4 Å². The minimum Gasteiger partial charge on any atom is -0.393 e. The predicted molar refractivity (Wildman–Crippen MR) is 26.5 cm³/mol. The van der Waals surface area contributed by atoms with E-state index in [9.17, 15) is 4.79 Å². The molecule has 0 saturated carbocycles. The highest BCUT2D eigenvalue weighted by atomic mass is 16.4. The van der Waals surface area contributed by atoms with Gasteiger partial charge in [-0.15, -0.1) is 5.10 Å². The summed E-state index contributed by atoms with van der Waals surface area (Å²) in [6, 6.07) is 0. The van der Waals surface area contributed by atoms with Gasteiger partial charge in [0.2, 0.25) is 5.89 Å². The van der Waals surface area contributed by atoms with E-state index in [1.54, 1.807) is 14.0 Å². The Labute approximate surface area is 45.7 Å². The van der Waals surface area contributed by atoms with Crippen LogP contribution in [0.25, 0.3) is 0 Å². The third-order valence-electron chi connectivity index (χ3n) is 0.790. The molecule has 0 aliphatic rings. The van der Waals surface area contributed by atoms with Crippen molar-refractivity contribution in [2.75, 3.05) is 0 Å². The first-order chi connectivity index (χ1) is 3.70. The zero-order valence-corrected chi connectivity index (χ0v) is 4.71. The van der Waals surface area contributed by atoms with Crippen molar-refractivity contribution in [1.82, 2.24) is 9.78 Å². The maximum absolute atomic E-state index is 10.4. The number of aromatic nitrogens is 2. The van der Waals surface area contributed by atoms with Crippen molar-refractivity contribution in [3.63, 3.8) is 0 Å². The third-order valence-corrected chi connectivity index (χ3v) is 0.790. The Kier molecular flexibility index (Phi) is 0.932. The second kappa shape index (κ2) is 1.47. The molecule has 0 amide bonds. The van der Waals surface area contributed by atoms with Crippen LogP contribution in [0, 0.1) is 6.92 Å². The van der Waals surface area contributed by atoms with Gasteiger partial charge in [-0.05, 0) is 0 Å². The largest absolute Gasteiger partial charge is 0.436 e. The first-order valence-corrected chi connectivity index (χ1v) is 2.21. The van der Waals surface area contributed by atoms with Gasteiger partial charge in [-0.2, -0.15) is 4.68 Å². The van der Waals surface area contributed by atoms with Gasteiger partial charge in [0.15, 0.2) is 0 Å². The molecular formula is C4H6N2O2. The molecule has 1 aromatic heterocycles. The Hall–Kier alpha value is -1.06. The Bertz CT molecular complexity index is 234. The molecule has 1 rings (SSSR count). The lowest BCUT2D eigenvalue weighted by molar-refractivity contribution is 0.471. The van der Waals surface area contributed by atoms with E-state index in [2.05, 4.69) is 9.52 Å². The van der Waals surface area contributed by atoms with E-state index in [0.29, 0.717) is 5.89 Å².